The Labute approximate surface area is 194 Å². The van der Waals surface area contributed by atoms with Crippen molar-refractivity contribution in [3.63, 3.8) is 0 Å². The van der Waals surface area contributed by atoms with Crippen LogP contribution in [0.4, 0.5) is 5.82 Å². The van der Waals surface area contributed by atoms with Crippen LogP contribution in [0.15, 0.2) is 67.0 Å². The molecule has 33 heavy (non-hydrogen) atoms. The lowest BCUT2D eigenvalue weighted by molar-refractivity contribution is -0.125. The molecule has 1 amide bonds. The van der Waals surface area contributed by atoms with Gasteiger partial charge in [0.05, 0.1) is 6.61 Å². The number of para-hydroxylation sites is 1. The monoisotopic (exact) mass is 446 g/mol. The van der Waals surface area contributed by atoms with Gasteiger partial charge in [0, 0.05) is 31.6 Å². The molecule has 0 spiro atoms. The first-order valence-corrected chi connectivity index (χ1v) is 11.5. The maximum Gasteiger partial charge on any atom is 0.224 e. The number of piperidine rings is 1. The smallest absolute Gasteiger partial charge is 0.224 e. The van der Waals surface area contributed by atoms with E-state index in [0.717, 1.165) is 55.2 Å². The molecule has 0 radical (unpaired) electrons. The second-order valence-corrected chi connectivity index (χ2v) is 8.10. The molecule has 1 fully saturated rings. The molecule has 1 saturated heterocycles. The second-order valence-electron chi connectivity index (χ2n) is 8.10. The van der Waals surface area contributed by atoms with Gasteiger partial charge in [0.15, 0.2) is 0 Å². The normalized spacial score (nSPS) is 14.0. The van der Waals surface area contributed by atoms with Gasteiger partial charge in [0.25, 0.3) is 0 Å². The van der Waals surface area contributed by atoms with E-state index in [9.17, 15) is 4.79 Å². The highest BCUT2D eigenvalue weighted by Gasteiger charge is 2.25. The van der Waals surface area contributed by atoms with Crippen molar-refractivity contribution in [1.29, 1.82) is 0 Å². The predicted molar refractivity (Wildman–Crippen MR) is 128 cm³/mol. The number of anilines is 1. The third-order valence-electron chi connectivity index (χ3n) is 5.65. The van der Waals surface area contributed by atoms with Crippen LogP contribution in [0.25, 0.3) is 0 Å². The molecule has 7 nitrogen and oxygen atoms in total. The van der Waals surface area contributed by atoms with Crippen LogP contribution in [0, 0.1) is 5.92 Å². The maximum absolute atomic E-state index is 12.7. The van der Waals surface area contributed by atoms with Crippen LogP contribution in [-0.2, 0) is 11.3 Å². The minimum Gasteiger partial charge on any atom is -0.494 e. The number of carbonyl (C=O) groups excluding carboxylic acids is 1. The number of ether oxygens (including phenoxy) is 2. The Bertz CT molecular complexity index is 1020. The number of carbonyl (C=O) groups is 1. The van der Waals surface area contributed by atoms with Gasteiger partial charge in [-0.2, -0.15) is 0 Å². The molecule has 4 rings (SSSR count). The second kappa shape index (κ2) is 11.3. The minimum atomic E-state index is 0.00953. The highest BCUT2D eigenvalue weighted by molar-refractivity contribution is 5.79. The zero-order valence-electron chi connectivity index (χ0n) is 18.9. The molecule has 1 aliphatic rings. The van der Waals surface area contributed by atoms with E-state index in [4.69, 9.17) is 9.47 Å². The summed E-state index contributed by atoms with van der Waals surface area (Å²) >= 11 is 0. The van der Waals surface area contributed by atoms with E-state index in [2.05, 4.69) is 27.1 Å². The number of aromatic nitrogens is 2. The molecule has 0 unspecified atom stereocenters. The van der Waals surface area contributed by atoms with Crippen LogP contribution in [0.5, 0.6) is 17.4 Å². The molecule has 3 aromatic rings. The number of amides is 1. The number of rotatable bonds is 9. The third kappa shape index (κ3) is 6.44. The van der Waals surface area contributed by atoms with E-state index < -0.39 is 0 Å². The van der Waals surface area contributed by atoms with Gasteiger partial charge >= 0.3 is 0 Å². The minimum absolute atomic E-state index is 0.00953. The molecule has 1 aromatic heterocycles. The number of hydrogen-bond donors (Lipinski definition) is 1. The van der Waals surface area contributed by atoms with Gasteiger partial charge in [0.1, 0.15) is 23.6 Å². The largest absolute Gasteiger partial charge is 0.494 e. The predicted octanol–water partition coefficient (Wildman–Crippen LogP) is 4.59. The third-order valence-corrected chi connectivity index (χ3v) is 5.65. The lowest BCUT2D eigenvalue weighted by Gasteiger charge is -2.32. The highest BCUT2D eigenvalue weighted by atomic mass is 16.5. The van der Waals surface area contributed by atoms with Crippen molar-refractivity contribution >= 4 is 11.7 Å². The van der Waals surface area contributed by atoms with Gasteiger partial charge in [-0.3, -0.25) is 4.79 Å². The molecule has 0 bridgehead atoms. The van der Waals surface area contributed by atoms with Crippen molar-refractivity contribution in [2.75, 3.05) is 24.6 Å². The fourth-order valence-corrected chi connectivity index (χ4v) is 3.80. The summed E-state index contributed by atoms with van der Waals surface area (Å²) in [7, 11) is 0. The summed E-state index contributed by atoms with van der Waals surface area (Å²) in [6.45, 7) is 4.86. The summed E-state index contributed by atoms with van der Waals surface area (Å²) in [5.74, 6) is 3.05. The Hall–Kier alpha value is -3.61. The topological polar surface area (TPSA) is 76.6 Å². The summed E-state index contributed by atoms with van der Waals surface area (Å²) in [6, 6.07) is 19.3. The fraction of sp³-hybridized carbons (Fsp3) is 0.346. The summed E-state index contributed by atoms with van der Waals surface area (Å²) in [5.41, 5.74) is 1.07. The lowest BCUT2D eigenvalue weighted by Crippen LogP contribution is -2.40. The van der Waals surface area contributed by atoms with Crippen molar-refractivity contribution in [3.8, 4) is 17.4 Å². The Morgan fingerprint density at radius 2 is 1.79 bits per heavy atom. The lowest BCUT2D eigenvalue weighted by atomic mass is 9.96. The number of hydrogen-bond acceptors (Lipinski definition) is 6. The number of nitrogens with zero attached hydrogens (tertiary/aromatic N) is 3. The highest BCUT2D eigenvalue weighted by Crippen LogP contribution is 2.26. The van der Waals surface area contributed by atoms with E-state index in [1.807, 2.05) is 60.7 Å². The molecule has 1 N–H and O–H groups in total. The van der Waals surface area contributed by atoms with Gasteiger partial charge in [-0.05, 0) is 49.1 Å². The van der Waals surface area contributed by atoms with E-state index in [1.165, 1.54) is 6.33 Å². The molecule has 172 valence electrons. The molecule has 0 aliphatic carbocycles. The summed E-state index contributed by atoms with van der Waals surface area (Å²) in [4.78, 5) is 23.5. The molecule has 0 saturated carbocycles. The van der Waals surface area contributed by atoms with Crippen LogP contribution in [0.3, 0.4) is 0 Å². The van der Waals surface area contributed by atoms with Crippen LogP contribution in [0.2, 0.25) is 0 Å². The van der Waals surface area contributed by atoms with Crippen molar-refractivity contribution in [2.45, 2.75) is 32.7 Å². The van der Waals surface area contributed by atoms with Crippen molar-refractivity contribution in [2.24, 2.45) is 5.92 Å². The summed E-state index contributed by atoms with van der Waals surface area (Å²) in [6.07, 6.45) is 4.07. The quantitative estimate of drug-likeness (QED) is 0.518. The van der Waals surface area contributed by atoms with Gasteiger partial charge in [-0.1, -0.05) is 37.3 Å². The summed E-state index contributed by atoms with van der Waals surface area (Å²) < 4.78 is 11.4. The Morgan fingerprint density at radius 1 is 1.03 bits per heavy atom. The van der Waals surface area contributed by atoms with E-state index in [1.54, 1.807) is 0 Å². The average Bonchev–Trinajstić information content (AvgIpc) is 2.87. The molecule has 7 heteroatoms. The fourth-order valence-electron chi connectivity index (χ4n) is 3.80. The molecular formula is C26H30N4O3. The van der Waals surface area contributed by atoms with Crippen LogP contribution in [0.1, 0.15) is 31.7 Å². The zero-order chi connectivity index (χ0) is 22.9. The first-order chi connectivity index (χ1) is 16.2. The summed E-state index contributed by atoms with van der Waals surface area (Å²) in [5, 5.41) is 3.08. The Kier molecular flexibility index (Phi) is 7.74. The van der Waals surface area contributed by atoms with Crippen molar-refractivity contribution < 1.29 is 14.3 Å². The Balaban J connectivity index is 1.24. The van der Waals surface area contributed by atoms with Gasteiger partial charge < -0.3 is 19.7 Å². The number of benzene rings is 2. The number of nitrogens with one attached hydrogen (secondary N) is 1. The van der Waals surface area contributed by atoms with Gasteiger partial charge in [-0.25, -0.2) is 9.97 Å². The van der Waals surface area contributed by atoms with Crippen molar-refractivity contribution in [3.05, 3.63) is 72.6 Å². The van der Waals surface area contributed by atoms with E-state index in [-0.39, 0.29) is 11.8 Å². The van der Waals surface area contributed by atoms with Crippen LogP contribution >= 0.6 is 0 Å². The first-order valence-electron chi connectivity index (χ1n) is 11.5. The Morgan fingerprint density at radius 3 is 2.52 bits per heavy atom. The van der Waals surface area contributed by atoms with E-state index in [0.29, 0.717) is 19.0 Å². The van der Waals surface area contributed by atoms with E-state index >= 15 is 0 Å². The average molecular weight is 447 g/mol. The van der Waals surface area contributed by atoms with Gasteiger partial charge in [-0.15, -0.1) is 0 Å². The zero-order valence-corrected chi connectivity index (χ0v) is 18.9. The maximum atomic E-state index is 12.7. The standard InChI is InChI=1S/C26H30N4O3/c1-2-16-32-22-10-8-20(9-11-22)18-27-26(31)21-12-14-30(15-13-21)24-17-25(29-19-28-24)33-23-6-4-3-5-7-23/h3-11,17,19,21H,2,12-16,18H2,1H3,(H,27,31). The van der Waals surface area contributed by atoms with Crippen LogP contribution in [-0.4, -0.2) is 35.6 Å². The first kappa shape index (κ1) is 22.6. The van der Waals surface area contributed by atoms with Crippen molar-refractivity contribution in [1.82, 2.24) is 15.3 Å². The molecular weight excluding hydrogens is 416 g/mol. The van der Waals surface area contributed by atoms with Gasteiger partial charge in [0.2, 0.25) is 11.8 Å². The molecule has 2 aromatic carbocycles. The molecule has 0 atom stereocenters. The SMILES string of the molecule is CCCOc1ccc(CNC(=O)C2CCN(c3cc(Oc4ccccc4)ncn3)CC2)cc1. The van der Waals surface area contributed by atoms with Crippen LogP contribution < -0.4 is 19.7 Å². The molecule has 2 heterocycles. The molecule has 1 aliphatic heterocycles.